The number of thiazole rings is 1. The summed E-state index contributed by atoms with van der Waals surface area (Å²) in [6, 6.07) is 0. The maximum atomic E-state index is 5.24. The van der Waals surface area contributed by atoms with Gasteiger partial charge in [0.2, 0.25) is 0 Å². The van der Waals surface area contributed by atoms with Crippen molar-refractivity contribution in [2.24, 2.45) is 0 Å². The monoisotopic (exact) mass is 155 g/mol. The molecule has 2 heterocycles. The Labute approximate surface area is 63.9 Å². The third-order valence-corrected chi connectivity index (χ3v) is 2.85. The maximum Gasteiger partial charge on any atom is 0.140 e. The van der Waals surface area contributed by atoms with Gasteiger partial charge in [-0.3, -0.25) is 0 Å². The summed E-state index contributed by atoms with van der Waals surface area (Å²) in [5.74, 6) is 0. The third kappa shape index (κ3) is 0.859. The molecule has 0 spiro atoms. The molecule has 2 rings (SSSR count). The lowest BCUT2D eigenvalue weighted by Gasteiger charge is -1.95. The Morgan fingerprint density at radius 3 is 2.90 bits per heavy atom. The summed E-state index contributed by atoms with van der Waals surface area (Å²) in [7, 11) is 0. The van der Waals surface area contributed by atoms with Crippen molar-refractivity contribution in [3.8, 4) is 0 Å². The van der Waals surface area contributed by atoms with Crippen LogP contribution < -0.4 is 0 Å². The van der Waals surface area contributed by atoms with E-state index >= 15 is 0 Å². The topological polar surface area (TPSA) is 25.4 Å². The fourth-order valence-corrected chi connectivity index (χ4v) is 1.73. The fraction of sp³-hybridized carbons (Fsp3) is 0.571. The van der Waals surface area contributed by atoms with Crippen LogP contribution in [0.5, 0.6) is 0 Å². The Kier molecular flexibility index (Phi) is 1.13. The second-order valence-corrected chi connectivity index (χ2v) is 3.67. The van der Waals surface area contributed by atoms with Crippen molar-refractivity contribution < 1.29 is 4.74 Å². The Morgan fingerprint density at radius 2 is 2.50 bits per heavy atom. The summed E-state index contributed by atoms with van der Waals surface area (Å²) >= 11 is 1.68. The van der Waals surface area contributed by atoms with E-state index in [1.54, 1.807) is 11.3 Å². The lowest BCUT2D eigenvalue weighted by atomic mass is 10.2. The van der Waals surface area contributed by atoms with Gasteiger partial charge in [-0.15, -0.1) is 11.3 Å². The van der Waals surface area contributed by atoms with Gasteiger partial charge in [0.05, 0.1) is 6.61 Å². The van der Waals surface area contributed by atoms with Gasteiger partial charge >= 0.3 is 0 Å². The Hall–Kier alpha value is -0.410. The molecular weight excluding hydrogens is 146 g/mol. The molecule has 0 amide bonds. The average molecular weight is 155 g/mol. The number of epoxide rings is 1. The zero-order valence-electron chi connectivity index (χ0n) is 6.05. The van der Waals surface area contributed by atoms with Gasteiger partial charge in [-0.2, -0.15) is 0 Å². The van der Waals surface area contributed by atoms with Crippen LogP contribution in [0.4, 0.5) is 0 Å². The molecule has 0 saturated carbocycles. The minimum atomic E-state index is -0.0288. The normalized spacial score (nSPS) is 30.6. The van der Waals surface area contributed by atoms with Gasteiger partial charge < -0.3 is 4.74 Å². The van der Waals surface area contributed by atoms with E-state index in [0.29, 0.717) is 0 Å². The summed E-state index contributed by atoms with van der Waals surface area (Å²) in [6.07, 6.45) is 0. The maximum absolute atomic E-state index is 5.24. The average Bonchev–Trinajstić information content (AvgIpc) is 2.45. The zero-order valence-corrected chi connectivity index (χ0v) is 6.86. The Bertz CT molecular complexity index is 252. The highest BCUT2D eigenvalue weighted by Gasteiger charge is 2.43. The molecule has 1 aliphatic heterocycles. The second-order valence-electron chi connectivity index (χ2n) is 2.81. The van der Waals surface area contributed by atoms with Crippen molar-refractivity contribution in [2.45, 2.75) is 19.4 Å². The van der Waals surface area contributed by atoms with E-state index in [0.717, 1.165) is 17.3 Å². The first-order valence-corrected chi connectivity index (χ1v) is 4.15. The van der Waals surface area contributed by atoms with Crippen molar-refractivity contribution in [1.29, 1.82) is 0 Å². The Morgan fingerprint density at radius 1 is 1.80 bits per heavy atom. The predicted molar refractivity (Wildman–Crippen MR) is 40.2 cm³/mol. The highest BCUT2D eigenvalue weighted by Crippen LogP contribution is 2.39. The summed E-state index contributed by atoms with van der Waals surface area (Å²) in [5, 5.41) is 3.17. The molecule has 0 N–H and O–H groups in total. The summed E-state index contributed by atoms with van der Waals surface area (Å²) in [6.45, 7) is 4.91. The molecule has 1 saturated heterocycles. The largest absolute Gasteiger partial charge is 0.362 e. The Balaban J connectivity index is 2.34. The quantitative estimate of drug-likeness (QED) is 0.577. The molecule has 0 aliphatic carbocycles. The summed E-state index contributed by atoms with van der Waals surface area (Å²) in [5.41, 5.74) is 1.07. The third-order valence-electron chi connectivity index (χ3n) is 1.65. The molecule has 1 fully saturated rings. The number of hydrogen-bond donors (Lipinski definition) is 0. The molecular formula is C7H9NOS. The summed E-state index contributed by atoms with van der Waals surface area (Å²) in [4.78, 5) is 4.34. The molecule has 3 heteroatoms. The lowest BCUT2D eigenvalue weighted by Crippen LogP contribution is -2.00. The van der Waals surface area contributed by atoms with Crippen LogP contribution in [0.1, 0.15) is 17.6 Å². The van der Waals surface area contributed by atoms with Gasteiger partial charge in [0.25, 0.3) is 0 Å². The van der Waals surface area contributed by atoms with Crippen molar-refractivity contribution in [3.63, 3.8) is 0 Å². The van der Waals surface area contributed by atoms with Gasteiger partial charge in [0.1, 0.15) is 10.6 Å². The van der Waals surface area contributed by atoms with Crippen molar-refractivity contribution in [3.05, 3.63) is 16.1 Å². The molecule has 0 aromatic carbocycles. The highest BCUT2D eigenvalue weighted by atomic mass is 32.1. The number of aryl methyl sites for hydroxylation is 1. The smallest absolute Gasteiger partial charge is 0.140 e. The van der Waals surface area contributed by atoms with E-state index in [-0.39, 0.29) is 5.60 Å². The number of aromatic nitrogens is 1. The second kappa shape index (κ2) is 1.80. The van der Waals surface area contributed by atoms with Crippen LogP contribution in [0, 0.1) is 6.92 Å². The van der Waals surface area contributed by atoms with Crippen molar-refractivity contribution in [1.82, 2.24) is 4.98 Å². The molecule has 1 atom stereocenters. The zero-order chi connectivity index (χ0) is 7.19. The van der Waals surface area contributed by atoms with E-state index in [2.05, 4.69) is 17.3 Å². The summed E-state index contributed by atoms with van der Waals surface area (Å²) < 4.78 is 5.24. The molecule has 0 unspecified atom stereocenters. The molecule has 2 nitrogen and oxygen atoms in total. The van der Waals surface area contributed by atoms with E-state index in [1.807, 2.05) is 6.92 Å². The highest BCUT2D eigenvalue weighted by molar-refractivity contribution is 7.09. The molecule has 10 heavy (non-hydrogen) atoms. The number of rotatable bonds is 1. The standard InChI is InChI=1S/C7H9NOS/c1-5-3-10-6(8-5)7(2)4-9-7/h3H,4H2,1-2H3/t7-/m0/s1. The van der Waals surface area contributed by atoms with Gasteiger partial charge in [0, 0.05) is 11.1 Å². The van der Waals surface area contributed by atoms with E-state index in [4.69, 9.17) is 4.74 Å². The molecule has 1 aromatic heterocycles. The minimum Gasteiger partial charge on any atom is -0.362 e. The van der Waals surface area contributed by atoms with Crippen molar-refractivity contribution >= 4 is 11.3 Å². The first-order chi connectivity index (χ1) is 4.71. The van der Waals surface area contributed by atoms with E-state index in [9.17, 15) is 0 Å². The predicted octanol–water partition coefficient (Wildman–Crippen LogP) is 1.70. The molecule has 0 bridgehead atoms. The minimum absolute atomic E-state index is 0.0288. The van der Waals surface area contributed by atoms with Crippen LogP contribution in [0.3, 0.4) is 0 Å². The molecule has 1 aromatic rings. The number of ether oxygens (including phenoxy) is 1. The first-order valence-electron chi connectivity index (χ1n) is 3.27. The van der Waals surface area contributed by atoms with Gasteiger partial charge in [0.15, 0.2) is 0 Å². The van der Waals surface area contributed by atoms with Gasteiger partial charge in [-0.1, -0.05) is 0 Å². The molecule has 0 radical (unpaired) electrons. The van der Waals surface area contributed by atoms with Crippen LogP contribution in [-0.4, -0.2) is 11.6 Å². The molecule has 54 valence electrons. The van der Waals surface area contributed by atoms with E-state index < -0.39 is 0 Å². The van der Waals surface area contributed by atoms with Crippen LogP contribution in [0.2, 0.25) is 0 Å². The lowest BCUT2D eigenvalue weighted by molar-refractivity contribution is 0.328. The SMILES string of the molecule is Cc1csc([C@]2(C)CO2)n1. The van der Waals surface area contributed by atoms with Crippen molar-refractivity contribution in [2.75, 3.05) is 6.61 Å². The van der Waals surface area contributed by atoms with Crippen LogP contribution in [0.25, 0.3) is 0 Å². The number of nitrogens with zero attached hydrogens (tertiary/aromatic N) is 1. The number of hydrogen-bond acceptors (Lipinski definition) is 3. The van der Waals surface area contributed by atoms with Crippen LogP contribution in [0.15, 0.2) is 5.38 Å². The first kappa shape index (κ1) is 6.31. The van der Waals surface area contributed by atoms with Gasteiger partial charge in [-0.25, -0.2) is 4.98 Å². The molecule has 1 aliphatic rings. The van der Waals surface area contributed by atoms with Crippen LogP contribution in [-0.2, 0) is 10.3 Å². The van der Waals surface area contributed by atoms with Gasteiger partial charge in [-0.05, 0) is 13.8 Å². The fourth-order valence-electron chi connectivity index (χ4n) is 0.829. The van der Waals surface area contributed by atoms with E-state index in [1.165, 1.54) is 0 Å². The van der Waals surface area contributed by atoms with Crippen LogP contribution >= 0.6 is 11.3 Å².